The van der Waals surface area contributed by atoms with Gasteiger partial charge in [-0.2, -0.15) is 0 Å². The Hall–Kier alpha value is -3.42. The number of carbonyl (C=O) groups is 3. The van der Waals surface area contributed by atoms with Crippen LogP contribution in [0.3, 0.4) is 0 Å². The second kappa shape index (κ2) is 9.91. The lowest BCUT2D eigenvalue weighted by atomic mass is 9.96. The van der Waals surface area contributed by atoms with E-state index in [-0.39, 0.29) is 42.0 Å². The average molecular weight is 494 g/mol. The van der Waals surface area contributed by atoms with Crippen LogP contribution < -0.4 is 16.7 Å². The zero-order valence-corrected chi connectivity index (χ0v) is 20.4. The Balaban J connectivity index is 1.26. The fraction of sp³-hybridized carbons (Fsp3) is 0.538. The summed E-state index contributed by atoms with van der Waals surface area (Å²) in [5.74, 6) is 6.03. The van der Waals surface area contributed by atoms with Crippen LogP contribution in [0.4, 0.5) is 0 Å². The van der Waals surface area contributed by atoms with Crippen LogP contribution in [-0.2, 0) is 26.2 Å². The van der Waals surface area contributed by atoms with Crippen molar-refractivity contribution in [3.63, 3.8) is 0 Å². The Labute approximate surface area is 208 Å². The smallest absolute Gasteiger partial charge is 0.329 e. The fourth-order valence-electron chi connectivity index (χ4n) is 5.27. The first-order chi connectivity index (χ1) is 17.3. The summed E-state index contributed by atoms with van der Waals surface area (Å²) in [6.45, 7) is 1.75. The van der Waals surface area contributed by atoms with Crippen LogP contribution in [0.25, 0.3) is 11.0 Å². The standard InChI is InChI=1S/C26H31N5O5/c1-29-21-14-17(4-6-19(21)31(26(29)35)20-7-9-23(32)28-24(20)33)3-2-16-10-12-30(13-11-16)25(34)22-8-5-18(27)15-36-22/h4,6,14,16,18,20,22H,5,7-13,15,27H2,1H3,(H,28,32,33). The number of nitrogens with two attached hydrogens (primary N) is 1. The molecule has 1 aromatic carbocycles. The van der Waals surface area contributed by atoms with Crippen molar-refractivity contribution in [2.24, 2.45) is 18.7 Å². The first-order valence-corrected chi connectivity index (χ1v) is 12.5. The SMILES string of the molecule is Cn1c(=O)n(C2CCC(=O)NC2=O)c2ccc(C#CC3CCN(C(=O)C4CCC(N)CO4)CC3)cc21. The Kier molecular flexibility index (Phi) is 6.69. The molecule has 3 aliphatic heterocycles. The summed E-state index contributed by atoms with van der Waals surface area (Å²) in [4.78, 5) is 51.4. The van der Waals surface area contributed by atoms with Crippen molar-refractivity contribution < 1.29 is 19.1 Å². The lowest BCUT2D eigenvalue weighted by Crippen LogP contribution is -2.48. The molecule has 2 aromatic rings. The molecule has 0 radical (unpaired) electrons. The monoisotopic (exact) mass is 493 g/mol. The number of nitrogens with zero attached hydrogens (tertiary/aromatic N) is 3. The van der Waals surface area contributed by atoms with Crippen molar-refractivity contribution in [1.29, 1.82) is 0 Å². The number of imide groups is 1. The summed E-state index contributed by atoms with van der Waals surface area (Å²) < 4.78 is 8.61. The molecule has 3 aliphatic rings. The molecule has 190 valence electrons. The van der Waals surface area contributed by atoms with Crippen LogP contribution >= 0.6 is 0 Å². The summed E-state index contributed by atoms with van der Waals surface area (Å²) in [6.07, 6.45) is 3.22. The van der Waals surface area contributed by atoms with Crippen molar-refractivity contribution in [1.82, 2.24) is 19.4 Å². The molecule has 3 fully saturated rings. The number of carbonyl (C=O) groups excluding carboxylic acids is 3. The third-order valence-corrected chi connectivity index (χ3v) is 7.42. The van der Waals surface area contributed by atoms with Gasteiger partial charge in [0.05, 0.1) is 17.6 Å². The van der Waals surface area contributed by atoms with Crippen molar-refractivity contribution in [2.75, 3.05) is 19.7 Å². The highest BCUT2D eigenvalue weighted by Gasteiger charge is 2.32. The first-order valence-electron chi connectivity index (χ1n) is 12.5. The number of nitrogens with one attached hydrogen (secondary N) is 1. The number of hydrogen-bond donors (Lipinski definition) is 2. The molecule has 36 heavy (non-hydrogen) atoms. The number of rotatable bonds is 2. The average Bonchev–Trinajstić information content (AvgIpc) is 3.12. The maximum absolute atomic E-state index is 12.9. The number of benzene rings is 1. The molecule has 3 N–H and O–H groups in total. The van der Waals surface area contributed by atoms with Crippen molar-refractivity contribution >= 4 is 28.8 Å². The molecule has 5 rings (SSSR count). The van der Waals surface area contributed by atoms with Gasteiger partial charge in [0.1, 0.15) is 12.1 Å². The minimum Gasteiger partial charge on any atom is -0.367 e. The molecule has 1 aromatic heterocycles. The quantitative estimate of drug-likeness (QED) is 0.461. The zero-order valence-electron chi connectivity index (χ0n) is 20.4. The number of amides is 3. The van der Waals surface area contributed by atoms with Gasteiger partial charge in [-0.1, -0.05) is 11.8 Å². The van der Waals surface area contributed by atoms with E-state index in [1.165, 1.54) is 9.13 Å². The molecule has 4 heterocycles. The van der Waals surface area contributed by atoms with Crippen LogP contribution in [0.1, 0.15) is 50.1 Å². The van der Waals surface area contributed by atoms with Crippen LogP contribution in [0.15, 0.2) is 23.0 Å². The van der Waals surface area contributed by atoms with E-state index in [4.69, 9.17) is 10.5 Å². The van der Waals surface area contributed by atoms with Gasteiger partial charge in [-0.05, 0) is 50.3 Å². The fourth-order valence-corrected chi connectivity index (χ4v) is 5.27. The number of imidazole rings is 1. The van der Waals surface area contributed by atoms with Gasteiger partial charge in [-0.25, -0.2) is 4.79 Å². The van der Waals surface area contributed by atoms with Gasteiger partial charge in [0.15, 0.2) is 0 Å². The summed E-state index contributed by atoms with van der Waals surface area (Å²) in [5.41, 5.74) is 7.66. The third kappa shape index (κ3) is 4.68. The number of likely N-dealkylation sites (tertiary alicyclic amines) is 1. The molecule has 0 aliphatic carbocycles. The molecular weight excluding hydrogens is 462 g/mol. The van der Waals surface area contributed by atoms with Gasteiger partial charge >= 0.3 is 5.69 Å². The highest BCUT2D eigenvalue weighted by Crippen LogP contribution is 2.24. The van der Waals surface area contributed by atoms with Gasteiger partial charge in [-0.3, -0.25) is 28.8 Å². The van der Waals surface area contributed by atoms with Crippen LogP contribution in [-0.4, -0.2) is 63.6 Å². The molecule has 3 unspecified atom stereocenters. The third-order valence-electron chi connectivity index (χ3n) is 7.42. The van der Waals surface area contributed by atoms with Gasteiger partial charge in [0.2, 0.25) is 11.8 Å². The molecule has 3 atom stereocenters. The molecule has 0 saturated carbocycles. The largest absolute Gasteiger partial charge is 0.367 e. The number of aryl methyl sites for hydroxylation is 1. The predicted octanol–water partition coefficient (Wildman–Crippen LogP) is 0.414. The van der Waals surface area contributed by atoms with Crippen molar-refractivity contribution in [2.45, 2.75) is 56.7 Å². The number of piperidine rings is 2. The maximum atomic E-state index is 12.9. The molecule has 10 heteroatoms. The summed E-state index contributed by atoms with van der Waals surface area (Å²) in [6, 6.07) is 4.82. The van der Waals surface area contributed by atoms with E-state index in [1.54, 1.807) is 7.05 Å². The second-order valence-corrected chi connectivity index (χ2v) is 9.91. The molecule has 3 amide bonds. The van der Waals surface area contributed by atoms with Crippen molar-refractivity contribution in [3.05, 3.63) is 34.2 Å². The van der Waals surface area contributed by atoms with Gasteiger partial charge in [-0.15, -0.1) is 0 Å². The summed E-state index contributed by atoms with van der Waals surface area (Å²) in [7, 11) is 1.67. The molecule has 0 bridgehead atoms. The highest BCUT2D eigenvalue weighted by molar-refractivity contribution is 6.00. The van der Waals surface area contributed by atoms with Crippen LogP contribution in [0, 0.1) is 17.8 Å². The van der Waals surface area contributed by atoms with Gasteiger partial charge < -0.3 is 15.4 Å². The normalized spacial score (nSPS) is 25.4. The zero-order chi connectivity index (χ0) is 25.4. The predicted molar refractivity (Wildman–Crippen MR) is 132 cm³/mol. The van der Waals surface area contributed by atoms with E-state index >= 15 is 0 Å². The topological polar surface area (TPSA) is 129 Å². The number of fused-ring (bicyclic) bond motifs is 1. The van der Waals surface area contributed by atoms with Gasteiger partial charge in [0, 0.05) is 44.1 Å². The van der Waals surface area contributed by atoms with Crippen LogP contribution in [0.5, 0.6) is 0 Å². The Bertz CT molecular complexity index is 1320. The summed E-state index contributed by atoms with van der Waals surface area (Å²) in [5, 5.41) is 2.32. The molecular formula is C26H31N5O5. The van der Waals surface area contributed by atoms with Gasteiger partial charge in [0.25, 0.3) is 5.91 Å². The lowest BCUT2D eigenvalue weighted by Gasteiger charge is -2.34. The van der Waals surface area contributed by atoms with E-state index in [9.17, 15) is 19.2 Å². The molecule has 10 nitrogen and oxygen atoms in total. The molecule has 0 spiro atoms. The Morgan fingerprint density at radius 1 is 1.08 bits per heavy atom. The Morgan fingerprint density at radius 2 is 1.86 bits per heavy atom. The van der Waals surface area contributed by atoms with E-state index in [0.717, 1.165) is 24.8 Å². The number of aromatic nitrogens is 2. The highest BCUT2D eigenvalue weighted by atomic mass is 16.5. The van der Waals surface area contributed by atoms with Crippen LogP contribution in [0.2, 0.25) is 0 Å². The first kappa shape index (κ1) is 24.3. The van der Waals surface area contributed by atoms with E-state index in [1.807, 2.05) is 23.1 Å². The lowest BCUT2D eigenvalue weighted by molar-refractivity contribution is -0.148. The summed E-state index contributed by atoms with van der Waals surface area (Å²) >= 11 is 0. The minimum absolute atomic E-state index is 0.0210. The Morgan fingerprint density at radius 3 is 2.56 bits per heavy atom. The maximum Gasteiger partial charge on any atom is 0.329 e. The van der Waals surface area contributed by atoms with E-state index in [0.29, 0.717) is 43.6 Å². The van der Waals surface area contributed by atoms with Crippen molar-refractivity contribution in [3.8, 4) is 11.8 Å². The second-order valence-electron chi connectivity index (χ2n) is 9.91. The number of hydrogen-bond acceptors (Lipinski definition) is 6. The minimum atomic E-state index is -0.709. The number of ether oxygens (including phenoxy) is 1. The van der Waals surface area contributed by atoms with E-state index in [2.05, 4.69) is 17.2 Å². The van der Waals surface area contributed by atoms with E-state index < -0.39 is 11.9 Å². The molecule has 3 saturated heterocycles.